The molecule has 0 atom stereocenters. The van der Waals surface area contributed by atoms with Gasteiger partial charge in [0.05, 0.1) is 4.92 Å². The molecule has 0 aliphatic rings. The summed E-state index contributed by atoms with van der Waals surface area (Å²) in [6.07, 6.45) is 2.08. The van der Waals surface area contributed by atoms with Gasteiger partial charge in [-0.1, -0.05) is 25.1 Å². The molecule has 0 aliphatic carbocycles. The average Bonchev–Trinajstić information content (AvgIpc) is 2.48. The number of rotatable bonds is 4. The van der Waals surface area contributed by atoms with Crippen molar-refractivity contribution in [3.8, 4) is 0 Å². The van der Waals surface area contributed by atoms with E-state index < -0.39 is 4.92 Å². The average molecular weight is 302 g/mol. The van der Waals surface area contributed by atoms with Crippen molar-refractivity contribution in [2.24, 2.45) is 0 Å². The zero-order chi connectivity index (χ0) is 15.2. The van der Waals surface area contributed by atoms with E-state index in [4.69, 9.17) is 12.2 Å². The molecule has 2 rings (SSSR count). The van der Waals surface area contributed by atoms with E-state index in [1.54, 1.807) is 0 Å². The van der Waals surface area contributed by atoms with Crippen molar-refractivity contribution < 1.29 is 4.92 Å². The van der Waals surface area contributed by atoms with Crippen molar-refractivity contribution in [2.45, 2.75) is 13.3 Å². The van der Waals surface area contributed by atoms with E-state index in [1.807, 2.05) is 24.3 Å². The van der Waals surface area contributed by atoms with Gasteiger partial charge in [-0.15, -0.1) is 0 Å². The van der Waals surface area contributed by atoms with Crippen molar-refractivity contribution in [1.82, 2.24) is 4.98 Å². The van der Waals surface area contributed by atoms with Crippen LogP contribution in [0.2, 0.25) is 0 Å². The number of hydrogen-bond donors (Lipinski definition) is 2. The molecule has 108 valence electrons. The van der Waals surface area contributed by atoms with Crippen LogP contribution >= 0.6 is 12.2 Å². The lowest BCUT2D eigenvalue weighted by atomic mass is 10.1. The minimum atomic E-state index is -0.495. The Morgan fingerprint density at radius 3 is 2.67 bits per heavy atom. The van der Waals surface area contributed by atoms with E-state index in [9.17, 15) is 10.1 Å². The number of anilines is 2. The number of nitrogens with one attached hydrogen (secondary N) is 2. The van der Waals surface area contributed by atoms with Crippen molar-refractivity contribution >= 4 is 34.5 Å². The van der Waals surface area contributed by atoms with Crippen LogP contribution in [0.5, 0.6) is 0 Å². The summed E-state index contributed by atoms with van der Waals surface area (Å²) < 4.78 is 0. The number of nitro groups is 1. The van der Waals surface area contributed by atoms with Crippen molar-refractivity contribution in [2.75, 3.05) is 10.6 Å². The second kappa shape index (κ2) is 6.76. The van der Waals surface area contributed by atoms with Crippen LogP contribution in [-0.4, -0.2) is 15.0 Å². The van der Waals surface area contributed by atoms with E-state index in [-0.39, 0.29) is 5.69 Å². The van der Waals surface area contributed by atoms with Crippen LogP contribution in [0.15, 0.2) is 42.6 Å². The first-order valence-electron chi connectivity index (χ1n) is 6.36. The predicted octanol–water partition coefficient (Wildman–Crippen LogP) is 3.36. The number of nitrogens with zero attached hydrogens (tertiary/aromatic N) is 2. The third-order valence-corrected chi connectivity index (χ3v) is 3.05. The highest BCUT2D eigenvalue weighted by molar-refractivity contribution is 7.80. The lowest BCUT2D eigenvalue weighted by Crippen LogP contribution is -2.20. The summed E-state index contributed by atoms with van der Waals surface area (Å²) in [7, 11) is 0. The van der Waals surface area contributed by atoms with Gasteiger partial charge >= 0.3 is 0 Å². The first kappa shape index (κ1) is 14.9. The standard InChI is InChI=1S/C14H14N4O2S/c1-2-10-5-3-4-6-12(10)16-14(21)17-13-8-7-11(9-15-13)18(19)20/h3-9H,2H2,1H3,(H2,15,16,17,21). The molecule has 0 aliphatic heterocycles. The van der Waals surface area contributed by atoms with Crippen LogP contribution in [-0.2, 0) is 6.42 Å². The second-order valence-electron chi connectivity index (χ2n) is 4.25. The van der Waals surface area contributed by atoms with Gasteiger partial charge < -0.3 is 10.6 Å². The lowest BCUT2D eigenvalue weighted by molar-refractivity contribution is -0.385. The van der Waals surface area contributed by atoms with E-state index >= 15 is 0 Å². The summed E-state index contributed by atoms with van der Waals surface area (Å²) in [4.78, 5) is 14.0. The molecule has 0 fully saturated rings. The first-order chi connectivity index (χ1) is 10.1. The van der Waals surface area contributed by atoms with Crippen LogP contribution < -0.4 is 10.6 Å². The molecular weight excluding hydrogens is 288 g/mol. The van der Waals surface area contributed by atoms with Crippen LogP contribution in [0.1, 0.15) is 12.5 Å². The molecule has 0 unspecified atom stereocenters. The van der Waals surface area contributed by atoms with Gasteiger partial charge in [0.15, 0.2) is 5.11 Å². The molecule has 7 heteroatoms. The lowest BCUT2D eigenvalue weighted by Gasteiger charge is -2.12. The molecule has 2 aromatic rings. The third kappa shape index (κ3) is 3.96. The van der Waals surface area contributed by atoms with Gasteiger partial charge in [0.2, 0.25) is 0 Å². The molecule has 0 spiro atoms. The first-order valence-corrected chi connectivity index (χ1v) is 6.77. The fourth-order valence-corrected chi connectivity index (χ4v) is 2.00. The van der Waals surface area contributed by atoms with Crippen LogP contribution in [0.25, 0.3) is 0 Å². The van der Waals surface area contributed by atoms with Crippen LogP contribution in [0, 0.1) is 10.1 Å². The third-order valence-electron chi connectivity index (χ3n) is 2.85. The van der Waals surface area contributed by atoms with E-state index in [1.165, 1.54) is 18.3 Å². The van der Waals surface area contributed by atoms with Gasteiger partial charge in [-0.2, -0.15) is 0 Å². The maximum Gasteiger partial charge on any atom is 0.287 e. The minimum absolute atomic E-state index is 0.0595. The molecule has 2 N–H and O–H groups in total. The number of benzene rings is 1. The van der Waals surface area contributed by atoms with E-state index in [2.05, 4.69) is 22.5 Å². The summed E-state index contributed by atoms with van der Waals surface area (Å²) in [6, 6.07) is 10.7. The Labute approximate surface area is 127 Å². The van der Waals surface area contributed by atoms with Crippen molar-refractivity contribution in [3.05, 3.63) is 58.3 Å². The number of para-hydroxylation sites is 1. The van der Waals surface area contributed by atoms with E-state index in [0.29, 0.717) is 10.9 Å². The minimum Gasteiger partial charge on any atom is -0.332 e. The number of hydrogen-bond acceptors (Lipinski definition) is 4. The zero-order valence-electron chi connectivity index (χ0n) is 11.4. The Morgan fingerprint density at radius 2 is 2.05 bits per heavy atom. The monoisotopic (exact) mass is 302 g/mol. The molecule has 1 aromatic carbocycles. The normalized spacial score (nSPS) is 9.95. The summed E-state index contributed by atoms with van der Waals surface area (Å²) >= 11 is 5.21. The zero-order valence-corrected chi connectivity index (χ0v) is 12.2. The molecule has 1 heterocycles. The van der Waals surface area contributed by atoms with Crippen molar-refractivity contribution in [3.63, 3.8) is 0 Å². The fourth-order valence-electron chi connectivity index (χ4n) is 1.79. The van der Waals surface area contributed by atoms with Crippen LogP contribution in [0.3, 0.4) is 0 Å². The van der Waals surface area contributed by atoms with Crippen molar-refractivity contribution in [1.29, 1.82) is 0 Å². The molecule has 6 nitrogen and oxygen atoms in total. The molecule has 1 aromatic heterocycles. The van der Waals surface area contributed by atoms with Gasteiger partial charge in [-0.05, 0) is 36.3 Å². The Kier molecular flexibility index (Phi) is 4.78. The number of thiocarbonyl (C=S) groups is 1. The maximum atomic E-state index is 10.6. The van der Waals surface area contributed by atoms with Gasteiger partial charge in [-0.3, -0.25) is 10.1 Å². The quantitative estimate of drug-likeness (QED) is 0.512. The summed E-state index contributed by atoms with van der Waals surface area (Å²) in [5, 5.41) is 16.9. The van der Waals surface area contributed by atoms with Gasteiger partial charge in [0, 0.05) is 11.8 Å². The Balaban J connectivity index is 2.03. The Hall–Kier alpha value is -2.54. The topological polar surface area (TPSA) is 80.1 Å². The summed E-state index contributed by atoms with van der Waals surface area (Å²) in [5.41, 5.74) is 2.02. The predicted molar refractivity (Wildman–Crippen MR) is 86.6 cm³/mol. The molecule has 21 heavy (non-hydrogen) atoms. The SMILES string of the molecule is CCc1ccccc1NC(=S)Nc1ccc([N+](=O)[O-])cn1. The smallest absolute Gasteiger partial charge is 0.287 e. The molecule has 0 radical (unpaired) electrons. The largest absolute Gasteiger partial charge is 0.332 e. The molecule has 0 saturated carbocycles. The molecular formula is C14H14N4O2S. The van der Waals surface area contributed by atoms with E-state index in [0.717, 1.165) is 17.7 Å². The summed E-state index contributed by atoms with van der Waals surface area (Å²) in [5.74, 6) is 0.451. The van der Waals surface area contributed by atoms with Gasteiger partial charge in [0.1, 0.15) is 12.0 Å². The highest BCUT2D eigenvalue weighted by atomic mass is 32.1. The number of aromatic nitrogens is 1. The Bertz CT molecular complexity index is 658. The number of aryl methyl sites for hydroxylation is 1. The maximum absolute atomic E-state index is 10.6. The Morgan fingerprint density at radius 1 is 1.29 bits per heavy atom. The van der Waals surface area contributed by atoms with Gasteiger partial charge in [0.25, 0.3) is 5.69 Å². The number of pyridine rings is 1. The van der Waals surface area contributed by atoms with Gasteiger partial charge in [-0.25, -0.2) is 4.98 Å². The second-order valence-corrected chi connectivity index (χ2v) is 4.66. The fraction of sp³-hybridized carbons (Fsp3) is 0.143. The molecule has 0 saturated heterocycles. The van der Waals surface area contributed by atoms with Crippen LogP contribution in [0.4, 0.5) is 17.2 Å². The highest BCUT2D eigenvalue weighted by Gasteiger charge is 2.07. The summed E-state index contributed by atoms with van der Waals surface area (Å²) in [6.45, 7) is 2.06. The molecule has 0 amide bonds. The highest BCUT2D eigenvalue weighted by Crippen LogP contribution is 2.16. The molecule has 0 bridgehead atoms.